The van der Waals surface area contributed by atoms with Crippen molar-refractivity contribution >= 4 is 5.97 Å². The number of rotatable bonds is 5. The van der Waals surface area contributed by atoms with E-state index in [-0.39, 0.29) is 5.92 Å². The Labute approximate surface area is 108 Å². The Morgan fingerprint density at radius 1 is 1.44 bits per heavy atom. The lowest BCUT2D eigenvalue weighted by molar-refractivity contribution is -0.138. The molecule has 1 unspecified atom stereocenters. The van der Waals surface area contributed by atoms with Gasteiger partial charge in [0.15, 0.2) is 0 Å². The summed E-state index contributed by atoms with van der Waals surface area (Å²) in [5, 5.41) is 9.00. The summed E-state index contributed by atoms with van der Waals surface area (Å²) in [6, 6.07) is 2.67. The molecule has 0 heterocycles. The summed E-state index contributed by atoms with van der Waals surface area (Å²) in [4.78, 5) is 11.0. The molecular formula is C14H21NO3. The van der Waals surface area contributed by atoms with Crippen LogP contribution in [0.2, 0.25) is 0 Å². The third kappa shape index (κ3) is 2.82. The van der Waals surface area contributed by atoms with Crippen molar-refractivity contribution in [3.63, 3.8) is 0 Å². The maximum absolute atomic E-state index is 11.0. The fraction of sp³-hybridized carbons (Fsp3) is 0.500. The van der Waals surface area contributed by atoms with Gasteiger partial charge in [-0.1, -0.05) is 20.8 Å². The molecule has 1 aromatic carbocycles. The van der Waals surface area contributed by atoms with Crippen molar-refractivity contribution in [2.45, 2.75) is 39.2 Å². The van der Waals surface area contributed by atoms with E-state index in [1.54, 1.807) is 7.11 Å². The average Bonchev–Trinajstić information content (AvgIpc) is 2.35. The number of aryl methyl sites for hydroxylation is 1. The van der Waals surface area contributed by atoms with Crippen molar-refractivity contribution < 1.29 is 14.6 Å². The Morgan fingerprint density at radius 2 is 2.06 bits per heavy atom. The molecular weight excluding hydrogens is 230 g/mol. The zero-order valence-electron chi connectivity index (χ0n) is 11.4. The van der Waals surface area contributed by atoms with E-state index in [1.165, 1.54) is 0 Å². The first kappa shape index (κ1) is 14.5. The van der Waals surface area contributed by atoms with Crippen LogP contribution in [0.5, 0.6) is 5.75 Å². The molecule has 1 rings (SSSR count). The van der Waals surface area contributed by atoms with Gasteiger partial charge in [0, 0.05) is 0 Å². The molecule has 0 aromatic heterocycles. The summed E-state index contributed by atoms with van der Waals surface area (Å²) in [5.74, 6) is 0.0805. The van der Waals surface area contributed by atoms with Gasteiger partial charge in [0.25, 0.3) is 0 Å². The number of carboxylic acid groups (broad SMARTS) is 1. The smallest absolute Gasteiger partial charge is 0.325 e. The molecule has 0 saturated carbocycles. The van der Waals surface area contributed by atoms with Crippen LogP contribution in [-0.4, -0.2) is 18.2 Å². The highest BCUT2D eigenvalue weighted by atomic mass is 16.5. The maximum atomic E-state index is 11.0. The number of ether oxygens (including phenoxy) is 1. The highest BCUT2D eigenvalue weighted by molar-refractivity contribution is 5.75. The van der Waals surface area contributed by atoms with Gasteiger partial charge < -0.3 is 15.6 Å². The quantitative estimate of drug-likeness (QED) is 0.843. The molecule has 0 spiro atoms. The molecule has 0 bridgehead atoms. The second-order valence-electron chi connectivity index (χ2n) is 4.63. The average molecular weight is 251 g/mol. The van der Waals surface area contributed by atoms with Gasteiger partial charge in [-0.05, 0) is 41.2 Å². The van der Waals surface area contributed by atoms with Gasteiger partial charge in [-0.3, -0.25) is 4.79 Å². The van der Waals surface area contributed by atoms with Gasteiger partial charge in [0.1, 0.15) is 11.8 Å². The van der Waals surface area contributed by atoms with Crippen LogP contribution in [0, 0.1) is 0 Å². The number of carboxylic acids is 1. The van der Waals surface area contributed by atoms with Crippen molar-refractivity contribution in [3.8, 4) is 5.75 Å². The zero-order chi connectivity index (χ0) is 13.9. The standard InChI is InChI=1S/C14H21NO3/c1-5-9-6-10(12(15)14(16)17)7-11(8(2)3)13(9)18-4/h6-8,12H,5,15H2,1-4H3,(H,16,17). The Hall–Kier alpha value is -1.55. The third-order valence-electron chi connectivity index (χ3n) is 3.05. The minimum absolute atomic E-state index is 0.256. The Balaban J connectivity index is 3.40. The number of hydrogen-bond donors (Lipinski definition) is 2. The summed E-state index contributed by atoms with van der Waals surface area (Å²) in [6.07, 6.45) is 0.781. The van der Waals surface area contributed by atoms with Crippen molar-refractivity contribution in [2.75, 3.05) is 7.11 Å². The topological polar surface area (TPSA) is 72.6 Å². The fourth-order valence-electron chi connectivity index (χ4n) is 2.00. The van der Waals surface area contributed by atoms with Crippen LogP contribution >= 0.6 is 0 Å². The zero-order valence-corrected chi connectivity index (χ0v) is 11.4. The summed E-state index contributed by atoms with van der Waals surface area (Å²) in [6.45, 7) is 6.11. The lowest BCUT2D eigenvalue weighted by atomic mass is 9.92. The van der Waals surface area contributed by atoms with Gasteiger partial charge in [0.2, 0.25) is 0 Å². The van der Waals surface area contributed by atoms with E-state index >= 15 is 0 Å². The lowest BCUT2D eigenvalue weighted by Gasteiger charge is -2.19. The van der Waals surface area contributed by atoms with Crippen molar-refractivity contribution in [1.29, 1.82) is 0 Å². The van der Waals surface area contributed by atoms with E-state index in [1.807, 2.05) is 32.9 Å². The van der Waals surface area contributed by atoms with Gasteiger partial charge in [-0.2, -0.15) is 0 Å². The molecule has 100 valence electrons. The van der Waals surface area contributed by atoms with Crippen molar-refractivity contribution in [2.24, 2.45) is 5.73 Å². The summed E-state index contributed by atoms with van der Waals surface area (Å²) in [7, 11) is 1.64. The third-order valence-corrected chi connectivity index (χ3v) is 3.05. The van der Waals surface area contributed by atoms with E-state index in [9.17, 15) is 4.79 Å². The van der Waals surface area contributed by atoms with Crippen LogP contribution in [0.25, 0.3) is 0 Å². The first-order valence-electron chi connectivity index (χ1n) is 6.11. The predicted octanol–water partition coefficient (Wildman–Crippen LogP) is 2.47. The predicted molar refractivity (Wildman–Crippen MR) is 71.0 cm³/mol. The van der Waals surface area contributed by atoms with Gasteiger partial charge in [0.05, 0.1) is 7.11 Å². The number of carbonyl (C=O) groups is 1. The molecule has 1 aromatic rings. The van der Waals surface area contributed by atoms with Crippen molar-refractivity contribution in [1.82, 2.24) is 0 Å². The van der Waals surface area contributed by atoms with Crippen LogP contribution in [-0.2, 0) is 11.2 Å². The molecule has 0 saturated heterocycles. The number of methoxy groups -OCH3 is 1. The Kier molecular flexibility index (Phi) is 4.73. The van der Waals surface area contributed by atoms with Crippen LogP contribution in [0.4, 0.5) is 0 Å². The molecule has 4 heteroatoms. The molecule has 18 heavy (non-hydrogen) atoms. The van der Waals surface area contributed by atoms with Crippen LogP contribution < -0.4 is 10.5 Å². The summed E-state index contributed by atoms with van der Waals surface area (Å²) in [5.41, 5.74) is 8.31. The minimum atomic E-state index is -1.02. The van der Waals surface area contributed by atoms with Crippen LogP contribution in [0.1, 0.15) is 49.4 Å². The van der Waals surface area contributed by atoms with Gasteiger partial charge >= 0.3 is 5.97 Å². The first-order chi connectivity index (χ1) is 8.42. The number of benzene rings is 1. The van der Waals surface area contributed by atoms with E-state index in [4.69, 9.17) is 15.6 Å². The molecule has 4 nitrogen and oxygen atoms in total. The Bertz CT molecular complexity index is 441. The molecule has 0 amide bonds. The monoisotopic (exact) mass is 251 g/mol. The molecule has 3 N–H and O–H groups in total. The normalized spacial score (nSPS) is 12.6. The maximum Gasteiger partial charge on any atom is 0.325 e. The number of hydrogen-bond acceptors (Lipinski definition) is 3. The van der Waals surface area contributed by atoms with Crippen LogP contribution in [0.3, 0.4) is 0 Å². The second-order valence-corrected chi connectivity index (χ2v) is 4.63. The molecule has 0 fully saturated rings. The highest BCUT2D eigenvalue weighted by Crippen LogP contribution is 2.33. The summed E-state index contributed by atoms with van der Waals surface area (Å²) >= 11 is 0. The van der Waals surface area contributed by atoms with Crippen molar-refractivity contribution in [3.05, 3.63) is 28.8 Å². The molecule has 1 atom stereocenters. The summed E-state index contributed by atoms with van der Waals surface area (Å²) < 4.78 is 5.44. The lowest BCUT2D eigenvalue weighted by Crippen LogP contribution is -2.21. The number of nitrogens with two attached hydrogens (primary N) is 1. The van der Waals surface area contributed by atoms with Gasteiger partial charge in [-0.15, -0.1) is 0 Å². The Morgan fingerprint density at radius 3 is 2.44 bits per heavy atom. The van der Waals surface area contributed by atoms with E-state index in [2.05, 4.69) is 0 Å². The molecule has 0 aliphatic carbocycles. The first-order valence-corrected chi connectivity index (χ1v) is 6.11. The van der Waals surface area contributed by atoms with Crippen LogP contribution in [0.15, 0.2) is 12.1 Å². The van der Waals surface area contributed by atoms with E-state index in [0.717, 1.165) is 23.3 Å². The van der Waals surface area contributed by atoms with E-state index in [0.29, 0.717) is 5.56 Å². The minimum Gasteiger partial charge on any atom is -0.496 e. The highest BCUT2D eigenvalue weighted by Gasteiger charge is 2.19. The molecule has 0 radical (unpaired) electrons. The fourth-order valence-corrected chi connectivity index (χ4v) is 2.00. The SMILES string of the molecule is CCc1cc(C(N)C(=O)O)cc(C(C)C)c1OC. The largest absolute Gasteiger partial charge is 0.496 e. The van der Waals surface area contributed by atoms with Gasteiger partial charge in [-0.25, -0.2) is 0 Å². The molecule has 0 aliphatic heterocycles. The van der Waals surface area contributed by atoms with E-state index < -0.39 is 12.0 Å². The number of aliphatic carboxylic acids is 1. The molecule has 0 aliphatic rings. The second kappa shape index (κ2) is 5.87.